The zero-order valence-corrected chi connectivity index (χ0v) is 11.8. The Morgan fingerprint density at radius 2 is 2.22 bits per heavy atom. The molecule has 0 aliphatic carbocycles. The first-order chi connectivity index (χ1) is 8.54. The first-order valence-corrected chi connectivity index (χ1v) is 6.36. The molecule has 98 valence electrons. The van der Waals surface area contributed by atoms with E-state index in [9.17, 15) is 4.39 Å². The third-order valence-electron chi connectivity index (χ3n) is 2.18. The molecule has 2 N–H and O–H groups in total. The van der Waals surface area contributed by atoms with Gasteiger partial charge in [-0.2, -0.15) is 5.10 Å². The molecule has 0 radical (unpaired) electrons. The minimum atomic E-state index is -0.371. The van der Waals surface area contributed by atoms with Crippen LogP contribution in [-0.4, -0.2) is 17.4 Å². The Labute approximate surface area is 116 Å². The van der Waals surface area contributed by atoms with Gasteiger partial charge in [0.15, 0.2) is 5.11 Å². The van der Waals surface area contributed by atoms with Gasteiger partial charge in [-0.25, -0.2) is 4.39 Å². The summed E-state index contributed by atoms with van der Waals surface area (Å²) >= 11 is 10.9. The second-order valence-electron chi connectivity index (χ2n) is 3.69. The smallest absolute Gasteiger partial charge is 0.186 e. The van der Waals surface area contributed by atoms with Gasteiger partial charge in [0.1, 0.15) is 5.82 Å². The number of nitrogens with one attached hydrogen (secondary N) is 2. The third-order valence-corrected chi connectivity index (χ3v) is 2.73. The molecule has 0 amide bonds. The van der Waals surface area contributed by atoms with E-state index in [0.717, 1.165) is 13.0 Å². The summed E-state index contributed by atoms with van der Waals surface area (Å²) in [6.45, 7) is 4.61. The molecule has 0 heterocycles. The number of benzene rings is 1. The van der Waals surface area contributed by atoms with E-state index < -0.39 is 0 Å². The van der Waals surface area contributed by atoms with E-state index in [4.69, 9.17) is 23.8 Å². The summed E-state index contributed by atoms with van der Waals surface area (Å²) in [7, 11) is 0. The van der Waals surface area contributed by atoms with Crippen molar-refractivity contribution < 1.29 is 4.39 Å². The van der Waals surface area contributed by atoms with Gasteiger partial charge in [-0.3, -0.25) is 5.43 Å². The average Bonchev–Trinajstić information content (AvgIpc) is 2.33. The van der Waals surface area contributed by atoms with Crippen molar-refractivity contribution in [1.29, 1.82) is 0 Å². The fourth-order valence-electron chi connectivity index (χ4n) is 1.26. The van der Waals surface area contributed by atoms with E-state index in [1.54, 1.807) is 13.0 Å². The fourth-order valence-corrected chi connectivity index (χ4v) is 1.71. The zero-order chi connectivity index (χ0) is 13.5. The van der Waals surface area contributed by atoms with Gasteiger partial charge in [-0.15, -0.1) is 0 Å². The second kappa shape index (κ2) is 7.28. The largest absolute Gasteiger partial charge is 0.361 e. The van der Waals surface area contributed by atoms with Crippen LogP contribution in [0.25, 0.3) is 0 Å². The molecule has 0 aliphatic heterocycles. The average molecular weight is 288 g/mol. The Balaban J connectivity index is 2.68. The molecule has 0 fully saturated rings. The van der Waals surface area contributed by atoms with E-state index >= 15 is 0 Å². The number of nitrogens with zero attached hydrogens (tertiary/aromatic N) is 1. The molecule has 0 bridgehead atoms. The van der Waals surface area contributed by atoms with Gasteiger partial charge >= 0.3 is 0 Å². The van der Waals surface area contributed by atoms with Gasteiger partial charge in [0, 0.05) is 12.1 Å². The Morgan fingerprint density at radius 1 is 1.50 bits per heavy atom. The van der Waals surface area contributed by atoms with Crippen LogP contribution >= 0.6 is 23.8 Å². The summed E-state index contributed by atoms with van der Waals surface area (Å²) in [4.78, 5) is 0. The van der Waals surface area contributed by atoms with Crippen LogP contribution in [0.4, 0.5) is 4.39 Å². The molecule has 0 unspecified atom stereocenters. The quantitative estimate of drug-likeness (QED) is 0.508. The van der Waals surface area contributed by atoms with Crippen molar-refractivity contribution in [3.63, 3.8) is 0 Å². The maximum absolute atomic E-state index is 12.9. The number of hydrazone groups is 1. The van der Waals surface area contributed by atoms with Crippen LogP contribution in [0.3, 0.4) is 0 Å². The first-order valence-electron chi connectivity index (χ1n) is 5.58. The molecule has 0 saturated heterocycles. The predicted octanol–water partition coefficient (Wildman–Crippen LogP) is 3.08. The molecule has 6 heteroatoms. The van der Waals surface area contributed by atoms with Crippen LogP contribution in [0, 0.1) is 5.82 Å². The minimum absolute atomic E-state index is 0.325. The van der Waals surface area contributed by atoms with Crippen molar-refractivity contribution in [2.45, 2.75) is 20.3 Å². The van der Waals surface area contributed by atoms with Crippen molar-refractivity contribution >= 4 is 34.6 Å². The lowest BCUT2D eigenvalue weighted by atomic mass is 10.1. The number of rotatable bonds is 4. The Kier molecular flexibility index (Phi) is 6.01. The van der Waals surface area contributed by atoms with Gasteiger partial charge in [0.2, 0.25) is 0 Å². The Morgan fingerprint density at radius 3 is 2.83 bits per heavy atom. The van der Waals surface area contributed by atoms with Crippen molar-refractivity contribution in [2.75, 3.05) is 6.54 Å². The van der Waals surface area contributed by atoms with E-state index in [1.165, 1.54) is 12.1 Å². The molecule has 18 heavy (non-hydrogen) atoms. The van der Waals surface area contributed by atoms with E-state index in [-0.39, 0.29) is 5.82 Å². The van der Waals surface area contributed by atoms with E-state index in [2.05, 4.69) is 15.8 Å². The van der Waals surface area contributed by atoms with Crippen LogP contribution in [0.2, 0.25) is 5.02 Å². The molecular formula is C12H15ClFN3S. The van der Waals surface area contributed by atoms with Crippen LogP contribution in [0.1, 0.15) is 25.8 Å². The molecule has 0 saturated carbocycles. The topological polar surface area (TPSA) is 36.4 Å². The summed E-state index contributed by atoms with van der Waals surface area (Å²) in [6, 6.07) is 4.18. The Bertz CT molecular complexity index is 463. The van der Waals surface area contributed by atoms with Gasteiger partial charge in [0.05, 0.1) is 10.7 Å². The molecule has 0 spiro atoms. The number of hydrogen-bond donors (Lipinski definition) is 2. The van der Waals surface area contributed by atoms with Crippen molar-refractivity contribution in [1.82, 2.24) is 10.7 Å². The second-order valence-corrected chi connectivity index (χ2v) is 4.50. The molecule has 3 nitrogen and oxygen atoms in total. The van der Waals surface area contributed by atoms with E-state index in [0.29, 0.717) is 21.4 Å². The van der Waals surface area contributed by atoms with Crippen LogP contribution in [0.5, 0.6) is 0 Å². The molecule has 1 aromatic rings. The highest BCUT2D eigenvalue weighted by Crippen LogP contribution is 2.17. The standard InChI is InChI=1S/C12H15ClFN3S/c1-3-6-15-12(18)17-16-8(2)10-5-4-9(14)7-11(10)13/h4-5,7H,3,6H2,1-2H3,(H2,15,17,18)/b16-8-. The normalized spacial score (nSPS) is 11.2. The van der Waals surface area contributed by atoms with E-state index in [1.807, 2.05) is 6.92 Å². The highest BCUT2D eigenvalue weighted by molar-refractivity contribution is 7.80. The van der Waals surface area contributed by atoms with Crippen molar-refractivity contribution in [2.24, 2.45) is 5.10 Å². The van der Waals surface area contributed by atoms with Crippen LogP contribution in [-0.2, 0) is 0 Å². The third kappa shape index (κ3) is 4.58. The molecule has 0 aliphatic rings. The minimum Gasteiger partial charge on any atom is -0.361 e. The number of hydrogen-bond acceptors (Lipinski definition) is 2. The van der Waals surface area contributed by atoms with Gasteiger partial charge < -0.3 is 5.32 Å². The van der Waals surface area contributed by atoms with Gasteiger partial charge in [-0.05, 0) is 43.8 Å². The van der Waals surface area contributed by atoms with Gasteiger partial charge in [0.25, 0.3) is 0 Å². The highest BCUT2D eigenvalue weighted by Gasteiger charge is 2.05. The summed E-state index contributed by atoms with van der Waals surface area (Å²) < 4.78 is 12.9. The lowest BCUT2D eigenvalue weighted by Crippen LogP contribution is -2.33. The lowest BCUT2D eigenvalue weighted by molar-refractivity contribution is 0.628. The van der Waals surface area contributed by atoms with Crippen LogP contribution < -0.4 is 10.7 Å². The monoisotopic (exact) mass is 287 g/mol. The van der Waals surface area contributed by atoms with Crippen molar-refractivity contribution in [3.05, 3.63) is 34.6 Å². The maximum atomic E-state index is 12.9. The number of halogens is 2. The molecule has 0 aromatic heterocycles. The summed E-state index contributed by atoms with van der Waals surface area (Å²) in [5.41, 5.74) is 4.02. The summed E-state index contributed by atoms with van der Waals surface area (Å²) in [5.74, 6) is -0.371. The van der Waals surface area contributed by atoms with Gasteiger partial charge in [-0.1, -0.05) is 18.5 Å². The van der Waals surface area contributed by atoms with Crippen LogP contribution in [0.15, 0.2) is 23.3 Å². The molecule has 1 aromatic carbocycles. The van der Waals surface area contributed by atoms with Crippen molar-refractivity contribution in [3.8, 4) is 0 Å². The zero-order valence-electron chi connectivity index (χ0n) is 10.3. The predicted molar refractivity (Wildman–Crippen MR) is 77.6 cm³/mol. The summed E-state index contributed by atoms with van der Waals surface area (Å²) in [5, 5.41) is 7.85. The molecular weight excluding hydrogens is 273 g/mol. The maximum Gasteiger partial charge on any atom is 0.186 e. The summed E-state index contributed by atoms with van der Waals surface area (Å²) in [6.07, 6.45) is 0.980. The number of thiocarbonyl (C=S) groups is 1. The molecule has 0 atom stereocenters. The SMILES string of the molecule is CCCNC(=S)N/N=C(/C)c1ccc(F)cc1Cl. The Hall–Kier alpha value is -1.20. The highest BCUT2D eigenvalue weighted by atomic mass is 35.5. The fraction of sp³-hybridized carbons (Fsp3) is 0.333. The molecule has 1 rings (SSSR count). The lowest BCUT2D eigenvalue weighted by Gasteiger charge is -2.07. The first kappa shape index (κ1) is 14.9.